The highest BCUT2D eigenvalue weighted by atomic mass is 32.2. The summed E-state index contributed by atoms with van der Waals surface area (Å²) in [5, 5.41) is 8.93. The average molecular weight is 302 g/mol. The Hall–Kier alpha value is -1.88. The lowest BCUT2D eigenvalue weighted by molar-refractivity contribution is -0.136. The second kappa shape index (κ2) is 6.72. The third-order valence-corrected chi connectivity index (χ3v) is 4.07. The number of aromatic nitrogens is 2. The molecular formula is C16H18N2O2S. The zero-order valence-corrected chi connectivity index (χ0v) is 13.2. The highest BCUT2D eigenvalue weighted by Gasteiger charge is 2.12. The van der Waals surface area contributed by atoms with Gasteiger partial charge in [-0.05, 0) is 31.7 Å². The summed E-state index contributed by atoms with van der Waals surface area (Å²) in [7, 11) is 0. The van der Waals surface area contributed by atoms with Crippen LogP contribution >= 0.6 is 11.8 Å². The van der Waals surface area contributed by atoms with Crippen LogP contribution < -0.4 is 0 Å². The summed E-state index contributed by atoms with van der Waals surface area (Å²) in [4.78, 5) is 21.0. The fourth-order valence-electron chi connectivity index (χ4n) is 2.14. The molecular weight excluding hydrogens is 284 g/mol. The Balaban J connectivity index is 2.34. The molecule has 5 heteroatoms. The van der Waals surface area contributed by atoms with Crippen molar-refractivity contribution in [3.8, 4) is 11.4 Å². The van der Waals surface area contributed by atoms with Gasteiger partial charge in [0.1, 0.15) is 0 Å². The summed E-state index contributed by atoms with van der Waals surface area (Å²) in [5.41, 5.74) is 3.10. The SMILES string of the molecule is CCSc1ccc(-c2nc(C)c(CC(=O)O)c(C)n2)cc1. The molecule has 0 bridgehead atoms. The molecule has 1 heterocycles. The zero-order chi connectivity index (χ0) is 15.4. The van der Waals surface area contributed by atoms with Gasteiger partial charge in [0.25, 0.3) is 0 Å². The minimum atomic E-state index is -0.863. The lowest BCUT2D eigenvalue weighted by Gasteiger charge is -2.09. The van der Waals surface area contributed by atoms with Crippen molar-refractivity contribution in [2.75, 3.05) is 5.75 Å². The number of carboxylic acids is 1. The fraction of sp³-hybridized carbons (Fsp3) is 0.312. The third kappa shape index (κ3) is 3.82. The number of aliphatic carboxylic acids is 1. The van der Waals surface area contributed by atoms with Crippen LogP contribution in [0.25, 0.3) is 11.4 Å². The molecule has 1 aromatic heterocycles. The maximum atomic E-state index is 10.9. The molecule has 1 aromatic carbocycles. The van der Waals surface area contributed by atoms with Gasteiger partial charge in [0.05, 0.1) is 6.42 Å². The molecule has 0 fully saturated rings. The van der Waals surface area contributed by atoms with Gasteiger partial charge in [-0.15, -0.1) is 11.8 Å². The van der Waals surface area contributed by atoms with E-state index in [1.54, 1.807) is 11.8 Å². The largest absolute Gasteiger partial charge is 0.481 e. The summed E-state index contributed by atoms with van der Waals surface area (Å²) in [5.74, 6) is 0.823. The molecule has 0 aliphatic carbocycles. The van der Waals surface area contributed by atoms with E-state index < -0.39 is 5.97 Å². The van der Waals surface area contributed by atoms with Crippen LogP contribution in [0.2, 0.25) is 0 Å². The Morgan fingerprint density at radius 1 is 1.14 bits per heavy atom. The maximum Gasteiger partial charge on any atom is 0.307 e. The van der Waals surface area contributed by atoms with E-state index in [0.29, 0.717) is 11.4 Å². The van der Waals surface area contributed by atoms with Crippen LogP contribution in [0, 0.1) is 13.8 Å². The number of benzene rings is 1. The van der Waals surface area contributed by atoms with Crippen LogP contribution in [0.15, 0.2) is 29.2 Å². The molecule has 0 saturated carbocycles. The predicted octanol–water partition coefficient (Wildman–Crippen LogP) is 3.50. The van der Waals surface area contributed by atoms with Gasteiger partial charge < -0.3 is 5.11 Å². The molecule has 0 radical (unpaired) electrons. The van der Waals surface area contributed by atoms with Gasteiger partial charge >= 0.3 is 5.97 Å². The van der Waals surface area contributed by atoms with Crippen molar-refractivity contribution in [3.63, 3.8) is 0 Å². The van der Waals surface area contributed by atoms with Crippen molar-refractivity contribution in [3.05, 3.63) is 41.2 Å². The summed E-state index contributed by atoms with van der Waals surface area (Å²) in [6.07, 6.45) is -0.0377. The van der Waals surface area contributed by atoms with E-state index in [4.69, 9.17) is 5.11 Å². The Bertz CT molecular complexity index is 631. The summed E-state index contributed by atoms with van der Waals surface area (Å²) in [6.45, 7) is 5.78. The maximum absolute atomic E-state index is 10.9. The molecule has 0 unspecified atom stereocenters. The molecule has 110 valence electrons. The first-order chi connectivity index (χ1) is 10.0. The second-order valence-corrected chi connectivity index (χ2v) is 6.06. The number of nitrogens with zero attached hydrogens (tertiary/aromatic N) is 2. The first kappa shape index (κ1) is 15.5. The Morgan fingerprint density at radius 3 is 2.19 bits per heavy atom. The number of hydrogen-bond acceptors (Lipinski definition) is 4. The van der Waals surface area contributed by atoms with Gasteiger partial charge in [-0.2, -0.15) is 0 Å². The van der Waals surface area contributed by atoms with Crippen molar-refractivity contribution < 1.29 is 9.90 Å². The van der Waals surface area contributed by atoms with Gasteiger partial charge in [0.2, 0.25) is 0 Å². The zero-order valence-electron chi connectivity index (χ0n) is 12.4. The van der Waals surface area contributed by atoms with E-state index in [0.717, 1.165) is 22.7 Å². The summed E-state index contributed by atoms with van der Waals surface area (Å²) >= 11 is 1.79. The predicted molar refractivity (Wildman–Crippen MR) is 84.7 cm³/mol. The van der Waals surface area contributed by atoms with Crippen LogP contribution in [0.3, 0.4) is 0 Å². The number of aryl methyl sites for hydroxylation is 2. The monoisotopic (exact) mass is 302 g/mol. The quantitative estimate of drug-likeness (QED) is 0.856. The number of thioether (sulfide) groups is 1. The highest BCUT2D eigenvalue weighted by Crippen LogP contribution is 2.23. The van der Waals surface area contributed by atoms with Gasteiger partial charge in [-0.25, -0.2) is 9.97 Å². The van der Waals surface area contributed by atoms with Crippen LogP contribution in [0.5, 0.6) is 0 Å². The van der Waals surface area contributed by atoms with E-state index in [-0.39, 0.29) is 6.42 Å². The molecule has 2 aromatic rings. The lowest BCUT2D eigenvalue weighted by atomic mass is 10.1. The fourth-order valence-corrected chi connectivity index (χ4v) is 2.80. The van der Waals surface area contributed by atoms with E-state index in [2.05, 4.69) is 29.0 Å². The molecule has 0 aliphatic rings. The third-order valence-electron chi connectivity index (χ3n) is 3.17. The van der Waals surface area contributed by atoms with Crippen molar-refractivity contribution in [1.82, 2.24) is 9.97 Å². The molecule has 0 spiro atoms. The van der Waals surface area contributed by atoms with Crippen LogP contribution in [0.4, 0.5) is 0 Å². The van der Waals surface area contributed by atoms with E-state index in [9.17, 15) is 4.79 Å². The van der Waals surface area contributed by atoms with Crippen LogP contribution in [-0.2, 0) is 11.2 Å². The van der Waals surface area contributed by atoms with Crippen LogP contribution in [-0.4, -0.2) is 26.8 Å². The summed E-state index contributed by atoms with van der Waals surface area (Å²) in [6, 6.07) is 8.12. The highest BCUT2D eigenvalue weighted by molar-refractivity contribution is 7.99. The molecule has 0 saturated heterocycles. The molecule has 21 heavy (non-hydrogen) atoms. The molecule has 4 nitrogen and oxygen atoms in total. The molecule has 0 amide bonds. The van der Waals surface area contributed by atoms with Gasteiger partial charge in [-0.1, -0.05) is 19.1 Å². The van der Waals surface area contributed by atoms with E-state index in [1.807, 2.05) is 26.0 Å². The summed E-state index contributed by atoms with van der Waals surface area (Å²) < 4.78 is 0. The van der Waals surface area contributed by atoms with Gasteiger partial charge in [0, 0.05) is 27.4 Å². The van der Waals surface area contributed by atoms with E-state index in [1.165, 1.54) is 4.90 Å². The normalized spacial score (nSPS) is 10.6. The van der Waals surface area contributed by atoms with Crippen molar-refractivity contribution >= 4 is 17.7 Å². The number of carbonyl (C=O) groups is 1. The van der Waals surface area contributed by atoms with Crippen LogP contribution in [0.1, 0.15) is 23.9 Å². The number of carboxylic acid groups (broad SMARTS) is 1. The number of rotatable bonds is 5. The first-order valence-electron chi connectivity index (χ1n) is 6.80. The lowest BCUT2D eigenvalue weighted by Crippen LogP contribution is -2.08. The molecule has 1 N–H and O–H groups in total. The number of hydrogen-bond donors (Lipinski definition) is 1. The van der Waals surface area contributed by atoms with E-state index >= 15 is 0 Å². The Labute approximate surface area is 128 Å². The molecule has 0 atom stereocenters. The van der Waals surface area contributed by atoms with Gasteiger partial charge in [-0.3, -0.25) is 4.79 Å². The smallest absolute Gasteiger partial charge is 0.307 e. The molecule has 0 aliphatic heterocycles. The molecule has 2 rings (SSSR count). The average Bonchev–Trinajstić information content (AvgIpc) is 2.43. The Morgan fingerprint density at radius 2 is 1.71 bits per heavy atom. The van der Waals surface area contributed by atoms with Crippen molar-refractivity contribution in [2.45, 2.75) is 32.1 Å². The van der Waals surface area contributed by atoms with Gasteiger partial charge in [0.15, 0.2) is 5.82 Å². The van der Waals surface area contributed by atoms with Crippen molar-refractivity contribution in [2.24, 2.45) is 0 Å². The Kier molecular flexibility index (Phi) is 4.96. The minimum Gasteiger partial charge on any atom is -0.481 e. The van der Waals surface area contributed by atoms with Crippen molar-refractivity contribution in [1.29, 1.82) is 0 Å². The standard InChI is InChI=1S/C16H18N2O2S/c1-4-21-13-7-5-12(6-8-13)16-17-10(2)14(9-15(19)20)11(3)18-16/h5-8H,4,9H2,1-3H3,(H,19,20). The topological polar surface area (TPSA) is 63.1 Å². The minimum absolute atomic E-state index is 0.0377. The first-order valence-corrected chi connectivity index (χ1v) is 7.79. The second-order valence-electron chi connectivity index (χ2n) is 4.72.